The van der Waals surface area contributed by atoms with Crippen molar-refractivity contribution in [1.29, 1.82) is 0 Å². The SMILES string of the molecule is COc1cccc(C(O)Cc2ccc(C)cc2)c1N. The Morgan fingerprint density at radius 3 is 2.47 bits per heavy atom. The molecule has 0 bridgehead atoms. The number of hydrogen-bond acceptors (Lipinski definition) is 3. The standard InChI is InChI=1S/C16H19NO2/c1-11-6-8-12(9-7-11)10-14(18)13-4-3-5-15(19-2)16(13)17/h3-9,14,18H,10,17H2,1-2H3. The van der Waals surface area contributed by atoms with Crippen LogP contribution in [0.2, 0.25) is 0 Å². The van der Waals surface area contributed by atoms with Gasteiger partial charge in [-0.15, -0.1) is 0 Å². The highest BCUT2D eigenvalue weighted by Crippen LogP contribution is 2.30. The van der Waals surface area contributed by atoms with E-state index in [0.717, 1.165) is 5.56 Å². The molecule has 2 aromatic carbocycles. The molecule has 0 fully saturated rings. The van der Waals surface area contributed by atoms with E-state index in [2.05, 4.69) is 0 Å². The second kappa shape index (κ2) is 5.76. The quantitative estimate of drug-likeness (QED) is 0.828. The van der Waals surface area contributed by atoms with Crippen molar-refractivity contribution in [3.8, 4) is 5.75 Å². The summed E-state index contributed by atoms with van der Waals surface area (Å²) < 4.78 is 5.17. The maximum absolute atomic E-state index is 10.3. The van der Waals surface area contributed by atoms with Crippen LogP contribution in [0.4, 0.5) is 5.69 Å². The van der Waals surface area contributed by atoms with Crippen molar-refractivity contribution < 1.29 is 9.84 Å². The number of para-hydroxylation sites is 1. The van der Waals surface area contributed by atoms with Crippen LogP contribution in [0, 0.1) is 6.92 Å². The second-order valence-corrected chi connectivity index (χ2v) is 4.67. The molecule has 0 aliphatic carbocycles. The zero-order valence-corrected chi connectivity index (χ0v) is 11.3. The predicted octanol–water partition coefficient (Wildman–Crippen LogP) is 2.86. The highest BCUT2D eigenvalue weighted by molar-refractivity contribution is 5.59. The summed E-state index contributed by atoms with van der Waals surface area (Å²) in [6, 6.07) is 13.6. The molecule has 2 rings (SSSR count). The zero-order valence-electron chi connectivity index (χ0n) is 11.3. The van der Waals surface area contributed by atoms with Crippen LogP contribution in [0.5, 0.6) is 5.75 Å². The van der Waals surface area contributed by atoms with Crippen LogP contribution >= 0.6 is 0 Å². The molecular formula is C16H19NO2. The van der Waals surface area contributed by atoms with Crippen LogP contribution in [0.1, 0.15) is 22.8 Å². The van der Waals surface area contributed by atoms with Crippen molar-refractivity contribution in [3.63, 3.8) is 0 Å². The number of aryl methyl sites for hydroxylation is 1. The molecule has 3 heteroatoms. The Morgan fingerprint density at radius 1 is 1.16 bits per heavy atom. The third-order valence-corrected chi connectivity index (χ3v) is 3.23. The number of benzene rings is 2. The van der Waals surface area contributed by atoms with E-state index in [1.165, 1.54) is 5.56 Å². The molecule has 100 valence electrons. The minimum Gasteiger partial charge on any atom is -0.495 e. The van der Waals surface area contributed by atoms with Crippen molar-refractivity contribution in [2.24, 2.45) is 0 Å². The number of methoxy groups -OCH3 is 1. The van der Waals surface area contributed by atoms with Gasteiger partial charge >= 0.3 is 0 Å². The summed E-state index contributed by atoms with van der Waals surface area (Å²) in [5.74, 6) is 0.598. The van der Waals surface area contributed by atoms with Crippen LogP contribution in [0.15, 0.2) is 42.5 Å². The molecule has 1 atom stereocenters. The minimum atomic E-state index is -0.627. The topological polar surface area (TPSA) is 55.5 Å². The van der Waals surface area contributed by atoms with Crippen molar-refractivity contribution in [2.45, 2.75) is 19.4 Å². The maximum Gasteiger partial charge on any atom is 0.142 e. The molecule has 1 unspecified atom stereocenters. The van der Waals surface area contributed by atoms with Crippen molar-refractivity contribution in [2.75, 3.05) is 12.8 Å². The number of aliphatic hydroxyl groups excluding tert-OH is 1. The molecule has 3 N–H and O–H groups in total. The van der Waals surface area contributed by atoms with Gasteiger partial charge in [0.2, 0.25) is 0 Å². The highest BCUT2D eigenvalue weighted by Gasteiger charge is 2.14. The van der Waals surface area contributed by atoms with Crippen LogP contribution in [-0.4, -0.2) is 12.2 Å². The summed E-state index contributed by atoms with van der Waals surface area (Å²) in [5, 5.41) is 10.3. The van der Waals surface area contributed by atoms with Gasteiger partial charge in [-0.1, -0.05) is 42.0 Å². The molecule has 0 radical (unpaired) electrons. The number of rotatable bonds is 4. The van der Waals surface area contributed by atoms with Gasteiger partial charge in [-0.25, -0.2) is 0 Å². The lowest BCUT2D eigenvalue weighted by Crippen LogP contribution is -2.06. The Kier molecular flexibility index (Phi) is 4.07. The van der Waals surface area contributed by atoms with E-state index in [9.17, 15) is 5.11 Å². The number of aliphatic hydroxyl groups is 1. The number of nitrogen functional groups attached to an aromatic ring is 1. The van der Waals surface area contributed by atoms with E-state index in [-0.39, 0.29) is 0 Å². The van der Waals surface area contributed by atoms with Gasteiger partial charge in [0.1, 0.15) is 5.75 Å². The highest BCUT2D eigenvalue weighted by atomic mass is 16.5. The summed E-state index contributed by atoms with van der Waals surface area (Å²) in [6.45, 7) is 2.04. The minimum absolute atomic E-state index is 0.504. The first-order chi connectivity index (χ1) is 9.11. The lowest BCUT2D eigenvalue weighted by Gasteiger charge is -2.15. The lowest BCUT2D eigenvalue weighted by atomic mass is 9.99. The van der Waals surface area contributed by atoms with Crippen molar-refractivity contribution in [3.05, 3.63) is 59.2 Å². The molecule has 3 nitrogen and oxygen atoms in total. The fraction of sp³-hybridized carbons (Fsp3) is 0.250. The van der Waals surface area contributed by atoms with Crippen LogP contribution in [-0.2, 0) is 6.42 Å². The van der Waals surface area contributed by atoms with Gasteiger partial charge in [0, 0.05) is 12.0 Å². The monoisotopic (exact) mass is 257 g/mol. The fourth-order valence-corrected chi connectivity index (χ4v) is 2.09. The van der Waals surface area contributed by atoms with E-state index >= 15 is 0 Å². The number of anilines is 1. The molecule has 0 saturated carbocycles. The molecule has 0 aliphatic heterocycles. The van der Waals surface area contributed by atoms with E-state index in [1.807, 2.05) is 43.3 Å². The third kappa shape index (κ3) is 3.06. The Hall–Kier alpha value is -2.00. The van der Waals surface area contributed by atoms with Crippen LogP contribution < -0.4 is 10.5 Å². The molecular weight excluding hydrogens is 238 g/mol. The van der Waals surface area contributed by atoms with Gasteiger partial charge in [-0.3, -0.25) is 0 Å². The normalized spacial score (nSPS) is 12.2. The summed E-state index contributed by atoms with van der Waals surface area (Å²) in [6.07, 6.45) is -0.0877. The van der Waals surface area contributed by atoms with Gasteiger partial charge in [0.05, 0.1) is 18.9 Å². The zero-order chi connectivity index (χ0) is 13.8. The summed E-state index contributed by atoms with van der Waals surface area (Å²) in [7, 11) is 1.57. The summed E-state index contributed by atoms with van der Waals surface area (Å²) >= 11 is 0. The van der Waals surface area contributed by atoms with Gasteiger partial charge in [0.25, 0.3) is 0 Å². The number of hydrogen-bond donors (Lipinski definition) is 2. The second-order valence-electron chi connectivity index (χ2n) is 4.67. The molecule has 0 aliphatic rings. The Morgan fingerprint density at radius 2 is 1.84 bits per heavy atom. The van der Waals surface area contributed by atoms with Crippen molar-refractivity contribution in [1.82, 2.24) is 0 Å². The smallest absolute Gasteiger partial charge is 0.142 e. The van der Waals surface area contributed by atoms with E-state index in [1.54, 1.807) is 13.2 Å². The third-order valence-electron chi connectivity index (χ3n) is 3.23. The summed E-state index contributed by atoms with van der Waals surface area (Å²) in [5.41, 5.74) is 9.49. The van der Waals surface area contributed by atoms with Crippen LogP contribution in [0.3, 0.4) is 0 Å². The fourth-order valence-electron chi connectivity index (χ4n) is 2.09. The lowest BCUT2D eigenvalue weighted by molar-refractivity contribution is 0.179. The Labute approximate surface area is 113 Å². The molecule has 0 saturated heterocycles. The largest absolute Gasteiger partial charge is 0.495 e. The van der Waals surface area contributed by atoms with Gasteiger partial charge in [-0.05, 0) is 18.6 Å². The first-order valence-corrected chi connectivity index (χ1v) is 6.28. The predicted molar refractivity (Wildman–Crippen MR) is 77.2 cm³/mol. The molecule has 19 heavy (non-hydrogen) atoms. The molecule has 0 amide bonds. The number of ether oxygens (including phenoxy) is 1. The molecule has 0 spiro atoms. The van der Waals surface area contributed by atoms with E-state index in [0.29, 0.717) is 23.4 Å². The summed E-state index contributed by atoms with van der Waals surface area (Å²) in [4.78, 5) is 0. The maximum atomic E-state index is 10.3. The van der Waals surface area contributed by atoms with Gasteiger partial charge < -0.3 is 15.6 Å². The van der Waals surface area contributed by atoms with Crippen molar-refractivity contribution >= 4 is 5.69 Å². The first-order valence-electron chi connectivity index (χ1n) is 6.28. The first kappa shape index (κ1) is 13.4. The number of nitrogens with two attached hydrogens (primary N) is 1. The van der Waals surface area contributed by atoms with Gasteiger partial charge in [-0.2, -0.15) is 0 Å². The average molecular weight is 257 g/mol. The Bertz CT molecular complexity index is 549. The molecule has 2 aromatic rings. The van der Waals surface area contributed by atoms with E-state index in [4.69, 9.17) is 10.5 Å². The van der Waals surface area contributed by atoms with Gasteiger partial charge in [0.15, 0.2) is 0 Å². The Balaban J connectivity index is 2.20. The van der Waals surface area contributed by atoms with Crippen LogP contribution in [0.25, 0.3) is 0 Å². The average Bonchev–Trinajstić information content (AvgIpc) is 2.41. The van der Waals surface area contributed by atoms with E-state index < -0.39 is 6.10 Å². The molecule has 0 heterocycles. The molecule has 0 aromatic heterocycles.